The van der Waals surface area contributed by atoms with Gasteiger partial charge in [-0.25, -0.2) is 9.97 Å². The molecule has 0 amide bonds. The first-order chi connectivity index (χ1) is 22.3. The lowest BCUT2D eigenvalue weighted by atomic mass is 9.63. The molecule has 6 aromatic carbocycles. The Bertz CT molecular complexity index is 2310. The lowest BCUT2D eigenvalue weighted by Gasteiger charge is -2.42. The van der Waals surface area contributed by atoms with Crippen molar-refractivity contribution in [2.75, 3.05) is 0 Å². The van der Waals surface area contributed by atoms with Crippen LogP contribution in [0.4, 0.5) is 0 Å². The zero-order valence-corrected chi connectivity index (χ0v) is 25.0. The van der Waals surface area contributed by atoms with Crippen LogP contribution in [0.15, 0.2) is 158 Å². The summed E-state index contributed by atoms with van der Waals surface area (Å²) in [5.74, 6) is 2.26. The molecule has 3 heterocycles. The van der Waals surface area contributed by atoms with Crippen LogP contribution in [-0.2, 0) is 5.41 Å². The Morgan fingerprint density at radius 1 is 0.533 bits per heavy atom. The van der Waals surface area contributed by atoms with Crippen molar-refractivity contribution in [2.24, 2.45) is 0 Å². The summed E-state index contributed by atoms with van der Waals surface area (Å²) in [7, 11) is 0. The topological polar surface area (TPSA) is 35.0 Å². The summed E-state index contributed by atoms with van der Waals surface area (Å²) in [6.07, 6.45) is 0. The highest BCUT2D eigenvalue weighted by Crippen LogP contribution is 2.57. The number of benzene rings is 6. The van der Waals surface area contributed by atoms with Gasteiger partial charge in [-0.1, -0.05) is 140 Å². The smallest absolute Gasteiger partial charge is 0.164 e. The number of hydrogen-bond acceptors (Lipinski definition) is 4. The van der Waals surface area contributed by atoms with Crippen molar-refractivity contribution in [3.63, 3.8) is 0 Å². The van der Waals surface area contributed by atoms with E-state index in [2.05, 4.69) is 146 Å². The van der Waals surface area contributed by atoms with Crippen LogP contribution in [0.1, 0.15) is 22.3 Å². The summed E-state index contributed by atoms with van der Waals surface area (Å²) in [4.78, 5) is 10.6. The molecule has 0 saturated carbocycles. The predicted octanol–water partition coefficient (Wildman–Crippen LogP) is 10.7. The van der Waals surface area contributed by atoms with Gasteiger partial charge in [0.2, 0.25) is 0 Å². The van der Waals surface area contributed by atoms with Crippen LogP contribution in [0.5, 0.6) is 11.5 Å². The number of thiophene rings is 1. The van der Waals surface area contributed by atoms with Crippen molar-refractivity contribution in [1.82, 2.24) is 9.97 Å². The maximum atomic E-state index is 6.91. The monoisotopic (exact) mass is 594 g/mol. The summed E-state index contributed by atoms with van der Waals surface area (Å²) >= 11 is 1.74. The van der Waals surface area contributed by atoms with Crippen LogP contribution in [0.25, 0.3) is 42.9 Å². The van der Waals surface area contributed by atoms with E-state index in [1.54, 1.807) is 11.3 Å². The average Bonchev–Trinajstić information content (AvgIpc) is 3.50. The molecule has 1 aliphatic rings. The van der Waals surface area contributed by atoms with Gasteiger partial charge in [0, 0.05) is 26.8 Å². The molecule has 3 nitrogen and oxygen atoms in total. The maximum absolute atomic E-state index is 6.91. The lowest BCUT2D eigenvalue weighted by molar-refractivity contribution is 0.436. The number of rotatable bonds is 4. The maximum Gasteiger partial charge on any atom is 0.164 e. The Morgan fingerprint density at radius 2 is 1.16 bits per heavy atom. The number of hydrogen-bond donors (Lipinski definition) is 0. The molecule has 0 radical (unpaired) electrons. The van der Waals surface area contributed by atoms with Gasteiger partial charge in [0.05, 0.1) is 26.9 Å². The third kappa shape index (κ3) is 3.89. The molecule has 9 rings (SSSR count). The van der Waals surface area contributed by atoms with Crippen LogP contribution >= 0.6 is 11.3 Å². The van der Waals surface area contributed by atoms with Crippen molar-refractivity contribution < 1.29 is 4.74 Å². The van der Waals surface area contributed by atoms with E-state index in [9.17, 15) is 0 Å². The molecule has 0 unspecified atom stereocenters. The second-order valence-corrected chi connectivity index (χ2v) is 12.4. The molecular weight excluding hydrogens is 569 g/mol. The SMILES string of the molecule is c1ccc(-c2nc(-c3cccc4c3Oc3ccccc3C4(c3ccccc3)c3ccccc3)nc3c2sc2ccccc23)cc1. The molecule has 8 aromatic rings. The fourth-order valence-corrected chi connectivity index (χ4v) is 8.06. The standard InChI is InChI=1S/C41H26N2OS/c1-4-15-27(16-5-1)36-39-37(30-21-10-13-26-35(30)45-39)43-40(42-36)31-22-14-24-33-38(31)44-34-25-12-11-23-32(34)41(33,28-17-6-2-7-18-28)29-19-8-3-9-20-29/h1-26H. The average molecular weight is 595 g/mol. The summed E-state index contributed by atoms with van der Waals surface area (Å²) in [5, 5.41) is 1.14. The fourth-order valence-electron chi connectivity index (χ4n) is 6.91. The van der Waals surface area contributed by atoms with E-state index in [0.29, 0.717) is 5.82 Å². The van der Waals surface area contributed by atoms with Crippen molar-refractivity contribution >= 4 is 31.6 Å². The van der Waals surface area contributed by atoms with E-state index in [0.717, 1.165) is 55.0 Å². The molecular formula is C41H26N2OS. The second kappa shape index (κ2) is 10.3. The Morgan fingerprint density at radius 3 is 1.91 bits per heavy atom. The number of fused-ring (bicyclic) bond motifs is 5. The largest absolute Gasteiger partial charge is 0.456 e. The van der Waals surface area contributed by atoms with E-state index in [1.165, 1.54) is 15.8 Å². The van der Waals surface area contributed by atoms with Crippen LogP contribution in [0, 0.1) is 0 Å². The molecule has 0 fully saturated rings. The van der Waals surface area contributed by atoms with Gasteiger partial charge in [0.25, 0.3) is 0 Å². The number of para-hydroxylation sites is 2. The minimum absolute atomic E-state index is 0.607. The third-order valence-corrected chi connectivity index (χ3v) is 10.0. The predicted molar refractivity (Wildman–Crippen MR) is 184 cm³/mol. The van der Waals surface area contributed by atoms with Gasteiger partial charge in [-0.05, 0) is 29.3 Å². The van der Waals surface area contributed by atoms with Crippen molar-refractivity contribution in [3.8, 4) is 34.1 Å². The number of nitrogens with zero attached hydrogens (tertiary/aromatic N) is 2. The highest BCUT2D eigenvalue weighted by molar-refractivity contribution is 7.26. The number of ether oxygens (including phenoxy) is 1. The zero-order chi connectivity index (χ0) is 29.8. The Labute approximate surface area is 265 Å². The highest BCUT2D eigenvalue weighted by atomic mass is 32.1. The quantitative estimate of drug-likeness (QED) is 0.203. The van der Waals surface area contributed by atoms with Gasteiger partial charge in [-0.3, -0.25) is 0 Å². The summed E-state index contributed by atoms with van der Waals surface area (Å²) < 4.78 is 9.20. The van der Waals surface area contributed by atoms with Crippen LogP contribution in [0.2, 0.25) is 0 Å². The van der Waals surface area contributed by atoms with Gasteiger partial charge < -0.3 is 4.74 Å². The molecule has 0 atom stereocenters. The van der Waals surface area contributed by atoms with E-state index in [-0.39, 0.29) is 0 Å². The zero-order valence-electron chi connectivity index (χ0n) is 24.2. The third-order valence-electron chi connectivity index (χ3n) is 8.84. The van der Waals surface area contributed by atoms with Gasteiger partial charge in [-0.15, -0.1) is 11.3 Å². The molecule has 0 saturated heterocycles. The summed E-state index contributed by atoms with van der Waals surface area (Å²) in [6, 6.07) is 55.2. The molecule has 1 aliphatic heterocycles. The Kier molecular flexibility index (Phi) is 5.90. The molecule has 212 valence electrons. The summed E-state index contributed by atoms with van der Waals surface area (Å²) in [5.41, 5.74) is 7.75. The fraction of sp³-hybridized carbons (Fsp3) is 0.0244. The van der Waals surface area contributed by atoms with Gasteiger partial charge in [0.15, 0.2) is 5.82 Å². The van der Waals surface area contributed by atoms with Gasteiger partial charge >= 0.3 is 0 Å². The summed E-state index contributed by atoms with van der Waals surface area (Å²) in [6.45, 7) is 0. The van der Waals surface area contributed by atoms with Crippen molar-refractivity contribution in [1.29, 1.82) is 0 Å². The van der Waals surface area contributed by atoms with Crippen LogP contribution in [0.3, 0.4) is 0 Å². The molecule has 0 aliphatic carbocycles. The van der Waals surface area contributed by atoms with Gasteiger partial charge in [-0.2, -0.15) is 0 Å². The van der Waals surface area contributed by atoms with Crippen molar-refractivity contribution in [2.45, 2.75) is 5.41 Å². The second-order valence-electron chi connectivity index (χ2n) is 11.3. The van der Waals surface area contributed by atoms with Crippen LogP contribution < -0.4 is 4.74 Å². The van der Waals surface area contributed by atoms with Crippen molar-refractivity contribution in [3.05, 3.63) is 180 Å². The molecule has 0 bridgehead atoms. The molecule has 45 heavy (non-hydrogen) atoms. The first-order valence-corrected chi connectivity index (χ1v) is 15.9. The molecule has 4 heteroatoms. The minimum Gasteiger partial charge on any atom is -0.456 e. The highest BCUT2D eigenvalue weighted by Gasteiger charge is 2.46. The van der Waals surface area contributed by atoms with Gasteiger partial charge in [0.1, 0.15) is 11.5 Å². The molecule has 0 N–H and O–H groups in total. The van der Waals surface area contributed by atoms with E-state index >= 15 is 0 Å². The Hall–Kier alpha value is -5.58. The van der Waals surface area contributed by atoms with Crippen LogP contribution in [-0.4, -0.2) is 9.97 Å². The number of aromatic nitrogens is 2. The Balaban J connectivity index is 1.39. The normalized spacial score (nSPS) is 13.2. The molecule has 2 aromatic heterocycles. The lowest BCUT2D eigenvalue weighted by Crippen LogP contribution is -2.34. The van der Waals surface area contributed by atoms with E-state index in [1.807, 2.05) is 12.1 Å². The minimum atomic E-state index is -0.607. The molecule has 0 spiro atoms. The first-order valence-electron chi connectivity index (χ1n) is 15.1. The first kappa shape index (κ1) is 25.9. The van der Waals surface area contributed by atoms with E-state index < -0.39 is 5.41 Å². The van der Waals surface area contributed by atoms with E-state index in [4.69, 9.17) is 14.7 Å².